The lowest BCUT2D eigenvalue weighted by atomic mass is 9.98. The third-order valence-corrected chi connectivity index (χ3v) is 11.5. The lowest BCUT2D eigenvalue weighted by molar-refractivity contribution is -0.138. The molecule has 10 heteroatoms. The van der Waals surface area contributed by atoms with E-state index in [-0.39, 0.29) is 0 Å². The van der Waals surface area contributed by atoms with E-state index in [9.17, 15) is 26.3 Å². The Labute approximate surface area is 351 Å². The lowest BCUT2D eigenvalue weighted by Gasteiger charge is -2.17. The molecule has 0 amide bonds. The number of halogens is 6. The molecule has 10 rings (SSSR count). The van der Waals surface area contributed by atoms with Crippen molar-refractivity contribution in [2.75, 3.05) is 0 Å². The van der Waals surface area contributed by atoms with Crippen molar-refractivity contribution in [2.45, 2.75) is 26.2 Å². The lowest BCUT2D eigenvalue weighted by Crippen LogP contribution is -2.05. The van der Waals surface area contributed by atoms with Crippen molar-refractivity contribution in [1.29, 1.82) is 0 Å². The zero-order chi connectivity index (χ0) is 43.1. The van der Waals surface area contributed by atoms with Gasteiger partial charge >= 0.3 is 12.4 Å². The van der Waals surface area contributed by atoms with Crippen molar-refractivity contribution in [2.24, 2.45) is 0 Å². The van der Waals surface area contributed by atoms with E-state index in [1.807, 2.05) is 114 Å². The van der Waals surface area contributed by atoms with Gasteiger partial charge in [-0.2, -0.15) is 26.3 Å². The molecule has 10 aromatic rings. The van der Waals surface area contributed by atoms with E-state index in [2.05, 4.69) is 9.41 Å². The molecule has 4 nitrogen and oxygen atoms in total. The zero-order valence-electron chi connectivity index (χ0n) is 33.1. The molecule has 3 aromatic heterocycles. The second kappa shape index (κ2) is 14.2. The van der Waals surface area contributed by atoms with Crippen molar-refractivity contribution < 1.29 is 26.3 Å². The largest absolute Gasteiger partial charge is 0.416 e. The minimum atomic E-state index is -4.49. The standard InChI is InChI=1S/C52H32F6N4/c1-30-20-35(24-37(22-30)51(53,54)55)33-14-18-47-43(26-33)40-8-4-6-10-45(40)61(47)49-29-60-50(28-42(49)32-12-16-39(59-3)17-13-32)62-46-11-7-5-9-41(46)44-27-34(15-19-48(44)62)36-21-31(2)23-38(25-36)52(56,57)58/h4-29H,1-2H3. The summed E-state index contributed by atoms with van der Waals surface area (Å²) in [6.07, 6.45) is -7.17. The highest BCUT2D eigenvalue weighted by atomic mass is 19.4. The maximum absolute atomic E-state index is 13.9. The summed E-state index contributed by atoms with van der Waals surface area (Å²) in [7, 11) is 0. The molecule has 0 aliphatic heterocycles. The van der Waals surface area contributed by atoms with Crippen molar-refractivity contribution in [1.82, 2.24) is 14.1 Å². The summed E-state index contributed by atoms with van der Waals surface area (Å²) in [4.78, 5) is 8.72. The molecule has 0 saturated heterocycles. The first-order valence-electron chi connectivity index (χ1n) is 19.7. The molecular formula is C52H32F6N4. The summed E-state index contributed by atoms with van der Waals surface area (Å²) >= 11 is 0. The SMILES string of the molecule is [C-]#[N+]c1ccc(-c2cc(-n3c4ccccc4c4cc(-c5cc(C)cc(C(F)(F)F)c5)ccc43)ncc2-n2c3ccccc3c3cc(-c4cc(C)cc(C(F)(F)F)c4)ccc32)cc1. The van der Waals surface area contributed by atoms with Crippen LogP contribution in [0.5, 0.6) is 0 Å². The second-order valence-electron chi connectivity index (χ2n) is 15.6. The maximum atomic E-state index is 13.9. The monoisotopic (exact) mass is 826 g/mol. The highest BCUT2D eigenvalue weighted by Crippen LogP contribution is 2.42. The number of para-hydroxylation sites is 2. The van der Waals surface area contributed by atoms with Gasteiger partial charge in [-0.25, -0.2) is 9.83 Å². The average Bonchev–Trinajstić information content (AvgIpc) is 3.77. The number of benzene rings is 7. The third-order valence-electron chi connectivity index (χ3n) is 11.5. The molecule has 302 valence electrons. The van der Waals surface area contributed by atoms with E-state index in [1.165, 1.54) is 12.1 Å². The Morgan fingerprint density at radius 2 is 0.935 bits per heavy atom. The van der Waals surface area contributed by atoms with E-state index in [4.69, 9.17) is 11.6 Å². The molecule has 0 fully saturated rings. The summed E-state index contributed by atoms with van der Waals surface area (Å²) in [5.41, 5.74) is 8.01. The normalized spacial score (nSPS) is 12.2. The van der Waals surface area contributed by atoms with Crippen LogP contribution in [0.3, 0.4) is 0 Å². The van der Waals surface area contributed by atoms with Crippen LogP contribution in [0.25, 0.3) is 93.3 Å². The number of rotatable bonds is 5. The first-order chi connectivity index (χ1) is 29.7. The zero-order valence-corrected chi connectivity index (χ0v) is 33.1. The molecular weight excluding hydrogens is 795 g/mol. The molecule has 0 bridgehead atoms. The van der Waals surface area contributed by atoms with Crippen LogP contribution in [0.15, 0.2) is 158 Å². The van der Waals surface area contributed by atoms with E-state index < -0.39 is 23.5 Å². The number of aromatic nitrogens is 3. The van der Waals surface area contributed by atoms with Crippen LogP contribution < -0.4 is 0 Å². The van der Waals surface area contributed by atoms with Crippen LogP contribution in [0, 0.1) is 20.4 Å². The predicted octanol–water partition coefficient (Wildman–Crippen LogP) is 15.5. The van der Waals surface area contributed by atoms with Crippen molar-refractivity contribution in [3.8, 4) is 44.9 Å². The average molecular weight is 827 g/mol. The Morgan fingerprint density at radius 1 is 0.468 bits per heavy atom. The van der Waals surface area contributed by atoms with Crippen molar-refractivity contribution in [3.63, 3.8) is 0 Å². The van der Waals surface area contributed by atoms with Crippen molar-refractivity contribution >= 4 is 49.3 Å². The maximum Gasteiger partial charge on any atom is 0.416 e. The Balaban J connectivity index is 1.19. The van der Waals surface area contributed by atoms with E-state index in [1.54, 1.807) is 38.1 Å². The van der Waals surface area contributed by atoms with Crippen LogP contribution >= 0.6 is 0 Å². The molecule has 0 N–H and O–H groups in total. The molecule has 0 aliphatic rings. The van der Waals surface area contributed by atoms with Gasteiger partial charge in [-0.3, -0.25) is 4.57 Å². The predicted molar refractivity (Wildman–Crippen MR) is 235 cm³/mol. The molecule has 3 heterocycles. The molecule has 62 heavy (non-hydrogen) atoms. The Morgan fingerprint density at radius 3 is 1.45 bits per heavy atom. The molecule has 7 aromatic carbocycles. The summed E-state index contributed by atoms with van der Waals surface area (Å²) in [6.45, 7) is 10.9. The fourth-order valence-electron chi connectivity index (χ4n) is 8.72. The van der Waals surface area contributed by atoms with E-state index in [0.29, 0.717) is 44.9 Å². The van der Waals surface area contributed by atoms with Crippen molar-refractivity contribution in [3.05, 3.63) is 192 Å². The van der Waals surface area contributed by atoms with Gasteiger partial charge in [0.2, 0.25) is 0 Å². The highest BCUT2D eigenvalue weighted by molar-refractivity contribution is 6.12. The van der Waals surface area contributed by atoms with Gasteiger partial charge < -0.3 is 4.57 Å². The number of nitrogens with zero attached hydrogens (tertiary/aromatic N) is 4. The number of aryl methyl sites for hydroxylation is 2. The Kier molecular flexibility index (Phi) is 8.85. The van der Waals surface area contributed by atoms with Crippen LogP contribution in [-0.2, 0) is 12.4 Å². The molecule has 0 spiro atoms. The number of hydrogen-bond acceptors (Lipinski definition) is 1. The van der Waals surface area contributed by atoms with Gasteiger partial charge in [-0.1, -0.05) is 84.9 Å². The minimum Gasteiger partial charge on any atom is -0.307 e. The fourth-order valence-corrected chi connectivity index (χ4v) is 8.72. The molecule has 0 atom stereocenters. The van der Waals surface area contributed by atoms with Crippen LogP contribution in [0.4, 0.5) is 32.0 Å². The van der Waals surface area contributed by atoms with Gasteiger partial charge in [-0.15, -0.1) is 0 Å². The van der Waals surface area contributed by atoms with Crippen LogP contribution in [0.1, 0.15) is 22.3 Å². The molecule has 0 unspecified atom stereocenters. The minimum absolute atomic E-state index is 0.464. The number of pyridine rings is 1. The summed E-state index contributed by atoms with van der Waals surface area (Å²) in [5.74, 6) is 0.592. The number of hydrogen-bond donors (Lipinski definition) is 0. The van der Waals surface area contributed by atoms with Gasteiger partial charge in [0, 0.05) is 27.1 Å². The summed E-state index contributed by atoms with van der Waals surface area (Å²) in [6, 6.07) is 44.5. The van der Waals surface area contributed by atoms with Gasteiger partial charge in [-0.05, 0) is 120 Å². The number of alkyl halides is 6. The summed E-state index contributed by atoms with van der Waals surface area (Å²) < 4.78 is 87.4. The first-order valence-corrected chi connectivity index (χ1v) is 19.7. The molecule has 0 radical (unpaired) electrons. The highest BCUT2D eigenvalue weighted by Gasteiger charge is 2.32. The van der Waals surface area contributed by atoms with Gasteiger partial charge in [0.15, 0.2) is 5.69 Å². The number of fused-ring (bicyclic) bond motifs is 6. The van der Waals surface area contributed by atoms with Gasteiger partial charge in [0.05, 0.1) is 51.7 Å². The third kappa shape index (κ3) is 6.54. The molecule has 0 aliphatic carbocycles. The Hall–Kier alpha value is -7.64. The van der Waals surface area contributed by atoms with Crippen LogP contribution in [-0.4, -0.2) is 14.1 Å². The van der Waals surface area contributed by atoms with Gasteiger partial charge in [0.1, 0.15) is 5.82 Å². The second-order valence-corrected chi connectivity index (χ2v) is 15.6. The quantitative estimate of drug-likeness (QED) is 0.125. The van der Waals surface area contributed by atoms with E-state index >= 15 is 0 Å². The first kappa shape index (κ1) is 38.6. The fraction of sp³-hybridized carbons (Fsp3) is 0.0769. The smallest absolute Gasteiger partial charge is 0.307 e. The topological polar surface area (TPSA) is 27.1 Å². The molecule has 0 saturated carbocycles. The van der Waals surface area contributed by atoms with Gasteiger partial charge in [0.25, 0.3) is 0 Å². The summed E-state index contributed by atoms with van der Waals surface area (Å²) in [5, 5.41) is 3.49. The van der Waals surface area contributed by atoms with E-state index in [0.717, 1.165) is 72.6 Å². The Bertz CT molecular complexity index is 3470. The van der Waals surface area contributed by atoms with Crippen LogP contribution in [0.2, 0.25) is 0 Å².